The Morgan fingerprint density at radius 1 is 1.26 bits per heavy atom. The maximum Gasteiger partial charge on any atom is 0.287 e. The van der Waals surface area contributed by atoms with Crippen LogP contribution in [0.5, 0.6) is 0 Å². The highest BCUT2D eigenvalue weighted by molar-refractivity contribution is 6.29. The van der Waals surface area contributed by atoms with Gasteiger partial charge in [0, 0.05) is 7.05 Å². The van der Waals surface area contributed by atoms with Crippen molar-refractivity contribution in [1.29, 1.82) is 0 Å². The van der Waals surface area contributed by atoms with E-state index in [2.05, 4.69) is 9.97 Å². The van der Waals surface area contributed by atoms with Crippen LogP contribution in [0, 0.1) is 5.82 Å². The third kappa shape index (κ3) is 1.80. The zero-order valence-corrected chi connectivity index (χ0v) is 10.6. The first-order valence-electron chi connectivity index (χ1n) is 5.43. The quantitative estimate of drug-likeness (QED) is 0.639. The van der Waals surface area contributed by atoms with Crippen LogP contribution < -0.4 is 5.56 Å². The van der Waals surface area contributed by atoms with Gasteiger partial charge in [-0.15, -0.1) is 0 Å². The molecule has 2 heterocycles. The minimum atomic E-state index is -0.389. The molecule has 0 aliphatic heterocycles. The third-order valence-corrected chi connectivity index (χ3v) is 3.03. The van der Waals surface area contributed by atoms with Gasteiger partial charge < -0.3 is 4.57 Å². The van der Waals surface area contributed by atoms with E-state index in [1.807, 2.05) is 0 Å². The molecule has 2 aromatic heterocycles. The summed E-state index contributed by atoms with van der Waals surface area (Å²) in [6.07, 6.45) is 1.49. The molecule has 0 spiro atoms. The standard InChI is InChI=1S/C12H8ClFN4O/c1-17-6-15-9-10(17)16-12(13)18(11(9)19)8-4-2-7(14)3-5-8/h2-6H,1H3. The fraction of sp³-hybridized carbons (Fsp3) is 0.0833. The summed E-state index contributed by atoms with van der Waals surface area (Å²) >= 11 is 6.03. The Morgan fingerprint density at radius 2 is 1.95 bits per heavy atom. The van der Waals surface area contributed by atoms with Crippen LogP contribution in [0.25, 0.3) is 16.9 Å². The van der Waals surface area contributed by atoms with Crippen molar-refractivity contribution < 1.29 is 4.39 Å². The Labute approximate surface area is 111 Å². The lowest BCUT2D eigenvalue weighted by Crippen LogP contribution is -2.21. The van der Waals surface area contributed by atoms with Crippen LogP contribution in [-0.4, -0.2) is 19.1 Å². The Kier molecular flexibility index (Phi) is 2.60. The topological polar surface area (TPSA) is 52.7 Å². The largest absolute Gasteiger partial charge is 0.318 e. The molecule has 0 bridgehead atoms. The predicted molar refractivity (Wildman–Crippen MR) is 69.1 cm³/mol. The summed E-state index contributed by atoms with van der Waals surface area (Å²) in [5.74, 6) is -0.389. The zero-order valence-electron chi connectivity index (χ0n) is 9.84. The highest BCUT2D eigenvalue weighted by atomic mass is 35.5. The first kappa shape index (κ1) is 11.9. The molecule has 0 atom stereocenters. The van der Waals surface area contributed by atoms with Crippen LogP contribution in [-0.2, 0) is 7.05 Å². The van der Waals surface area contributed by atoms with Crippen molar-refractivity contribution in [3.63, 3.8) is 0 Å². The molecule has 3 aromatic rings. The Bertz CT molecular complexity index is 822. The van der Waals surface area contributed by atoms with E-state index in [-0.39, 0.29) is 22.2 Å². The van der Waals surface area contributed by atoms with E-state index in [4.69, 9.17) is 11.6 Å². The van der Waals surface area contributed by atoms with E-state index in [1.54, 1.807) is 11.6 Å². The Balaban J connectivity index is 2.35. The van der Waals surface area contributed by atoms with E-state index in [0.717, 1.165) is 0 Å². The van der Waals surface area contributed by atoms with Gasteiger partial charge in [0.25, 0.3) is 5.56 Å². The molecule has 0 N–H and O–H groups in total. The summed E-state index contributed by atoms with van der Waals surface area (Å²) < 4.78 is 15.7. The van der Waals surface area contributed by atoms with Crippen LogP contribution in [0.2, 0.25) is 5.28 Å². The fourth-order valence-corrected chi connectivity index (χ4v) is 2.10. The molecule has 96 valence electrons. The number of hydrogen-bond acceptors (Lipinski definition) is 3. The molecule has 0 saturated heterocycles. The second-order valence-electron chi connectivity index (χ2n) is 4.03. The van der Waals surface area contributed by atoms with Gasteiger partial charge in [0.2, 0.25) is 5.28 Å². The number of rotatable bonds is 1. The van der Waals surface area contributed by atoms with Gasteiger partial charge in [-0.1, -0.05) is 0 Å². The van der Waals surface area contributed by atoms with Gasteiger partial charge in [-0.05, 0) is 35.9 Å². The molecular formula is C12H8ClFN4O. The van der Waals surface area contributed by atoms with Gasteiger partial charge in [0.15, 0.2) is 11.2 Å². The van der Waals surface area contributed by atoms with E-state index < -0.39 is 0 Å². The van der Waals surface area contributed by atoms with Gasteiger partial charge in [-0.3, -0.25) is 4.79 Å². The van der Waals surface area contributed by atoms with Crippen molar-refractivity contribution in [2.24, 2.45) is 7.05 Å². The smallest absolute Gasteiger partial charge is 0.287 e. The third-order valence-electron chi connectivity index (χ3n) is 2.78. The number of imidazole rings is 1. The van der Waals surface area contributed by atoms with Crippen molar-refractivity contribution in [2.75, 3.05) is 0 Å². The fourth-order valence-electron chi connectivity index (χ4n) is 1.85. The van der Waals surface area contributed by atoms with Crippen LogP contribution in [0.15, 0.2) is 35.4 Å². The highest BCUT2D eigenvalue weighted by Crippen LogP contribution is 2.15. The molecule has 19 heavy (non-hydrogen) atoms. The summed E-state index contributed by atoms with van der Waals surface area (Å²) in [5.41, 5.74) is 0.684. The molecule has 0 aliphatic carbocycles. The minimum absolute atomic E-state index is 0.00714. The molecular weight excluding hydrogens is 271 g/mol. The summed E-state index contributed by atoms with van der Waals surface area (Å²) in [6.45, 7) is 0. The van der Waals surface area contributed by atoms with Gasteiger partial charge in [0.1, 0.15) is 5.82 Å². The zero-order chi connectivity index (χ0) is 13.6. The summed E-state index contributed by atoms with van der Waals surface area (Å²) in [7, 11) is 1.72. The molecule has 5 nitrogen and oxygen atoms in total. The Hall–Kier alpha value is -2.21. The second kappa shape index (κ2) is 4.17. The number of fused-ring (bicyclic) bond motifs is 1. The number of halogens is 2. The number of nitrogens with zero attached hydrogens (tertiary/aromatic N) is 4. The van der Waals surface area contributed by atoms with E-state index in [0.29, 0.717) is 11.3 Å². The average Bonchev–Trinajstić information content (AvgIpc) is 2.74. The second-order valence-corrected chi connectivity index (χ2v) is 4.36. The molecule has 0 saturated carbocycles. The lowest BCUT2D eigenvalue weighted by atomic mass is 10.3. The average molecular weight is 279 g/mol. The molecule has 0 unspecified atom stereocenters. The lowest BCUT2D eigenvalue weighted by Gasteiger charge is -2.07. The first-order valence-corrected chi connectivity index (χ1v) is 5.81. The van der Waals surface area contributed by atoms with E-state index in [9.17, 15) is 9.18 Å². The monoisotopic (exact) mass is 278 g/mol. The minimum Gasteiger partial charge on any atom is -0.318 e. The van der Waals surface area contributed by atoms with Gasteiger partial charge in [-0.25, -0.2) is 13.9 Å². The van der Waals surface area contributed by atoms with Gasteiger partial charge >= 0.3 is 0 Å². The summed E-state index contributed by atoms with van der Waals surface area (Å²) in [4.78, 5) is 20.4. The van der Waals surface area contributed by atoms with Crippen molar-refractivity contribution in [3.8, 4) is 5.69 Å². The van der Waals surface area contributed by atoms with Gasteiger partial charge in [0.05, 0.1) is 12.0 Å². The number of aryl methyl sites for hydroxylation is 1. The Morgan fingerprint density at radius 3 is 2.63 bits per heavy atom. The van der Waals surface area contributed by atoms with Crippen molar-refractivity contribution >= 4 is 22.8 Å². The molecule has 0 amide bonds. The SMILES string of the molecule is Cn1cnc2c(=O)n(-c3ccc(F)cc3)c(Cl)nc21. The molecule has 3 rings (SSSR count). The van der Waals surface area contributed by atoms with Crippen LogP contribution in [0.4, 0.5) is 4.39 Å². The van der Waals surface area contributed by atoms with E-state index in [1.165, 1.54) is 35.2 Å². The van der Waals surface area contributed by atoms with Crippen LogP contribution in [0.1, 0.15) is 0 Å². The van der Waals surface area contributed by atoms with Gasteiger partial charge in [-0.2, -0.15) is 4.98 Å². The summed E-state index contributed by atoms with van der Waals surface area (Å²) in [6, 6.07) is 5.42. The number of hydrogen-bond donors (Lipinski definition) is 0. The highest BCUT2D eigenvalue weighted by Gasteiger charge is 2.14. The van der Waals surface area contributed by atoms with Crippen molar-refractivity contribution in [1.82, 2.24) is 19.1 Å². The maximum absolute atomic E-state index is 12.9. The number of benzene rings is 1. The van der Waals surface area contributed by atoms with Crippen LogP contribution in [0.3, 0.4) is 0 Å². The molecule has 0 aliphatic rings. The van der Waals surface area contributed by atoms with Crippen LogP contribution >= 0.6 is 11.6 Å². The predicted octanol–water partition coefficient (Wildman–Crippen LogP) is 1.91. The maximum atomic E-state index is 12.9. The molecule has 0 radical (unpaired) electrons. The molecule has 1 aromatic carbocycles. The summed E-state index contributed by atoms with van der Waals surface area (Å²) in [5, 5.41) is 0.00714. The van der Waals surface area contributed by atoms with Crippen molar-refractivity contribution in [3.05, 3.63) is 52.0 Å². The number of aromatic nitrogens is 4. The normalized spacial score (nSPS) is 11.1. The molecule has 7 heteroatoms. The lowest BCUT2D eigenvalue weighted by molar-refractivity contribution is 0.627. The molecule has 0 fully saturated rings. The van der Waals surface area contributed by atoms with Crippen molar-refractivity contribution in [2.45, 2.75) is 0 Å². The first-order chi connectivity index (χ1) is 9.08. The van der Waals surface area contributed by atoms with E-state index >= 15 is 0 Å².